The third kappa shape index (κ3) is 9.68. The van der Waals surface area contributed by atoms with Crippen LogP contribution in [0, 0.1) is 17.6 Å². The van der Waals surface area contributed by atoms with Crippen molar-refractivity contribution in [2.75, 3.05) is 63.9 Å². The molecule has 4 atom stereocenters. The Balaban J connectivity index is 0.744. The van der Waals surface area contributed by atoms with Crippen molar-refractivity contribution in [1.82, 2.24) is 30.2 Å². The van der Waals surface area contributed by atoms with E-state index in [0.717, 1.165) is 81.3 Å². The zero-order valence-electron chi connectivity index (χ0n) is 41.1. The summed E-state index contributed by atoms with van der Waals surface area (Å²) in [5, 5.41) is 20.9. The number of halogens is 3. The van der Waals surface area contributed by atoms with Crippen LogP contribution in [-0.4, -0.2) is 114 Å². The quantitative estimate of drug-likeness (QED) is 0.0801. The number of likely N-dealkylation sites (tertiary alicyclic amines) is 2. The first-order chi connectivity index (χ1) is 34.8. The fourth-order valence-electron chi connectivity index (χ4n) is 12.6. The van der Waals surface area contributed by atoms with Crippen LogP contribution in [-0.2, 0) is 17.4 Å². The molecule has 0 spiro atoms. The van der Waals surface area contributed by atoms with Crippen molar-refractivity contribution >= 4 is 46.2 Å². The number of hydrogen-bond donors (Lipinski definition) is 4. The highest BCUT2D eigenvalue weighted by Gasteiger charge is 2.50. The van der Waals surface area contributed by atoms with Crippen molar-refractivity contribution in [2.45, 2.75) is 101 Å². The number of anilines is 1. The number of carbonyl (C=O) groups excluding carboxylic acids is 3. The third-order valence-corrected chi connectivity index (χ3v) is 16.7. The fraction of sp³-hybridized carbons (Fsp3) is 0.491. The van der Waals surface area contributed by atoms with Crippen molar-refractivity contribution in [3.8, 4) is 22.6 Å². The molecule has 4 aliphatic heterocycles. The third-order valence-electron chi connectivity index (χ3n) is 16.3. The van der Waals surface area contributed by atoms with E-state index in [4.69, 9.17) is 26.8 Å². The Bertz CT molecular complexity index is 2830. The van der Waals surface area contributed by atoms with E-state index in [0.29, 0.717) is 54.8 Å². The molecule has 0 bridgehead atoms. The first-order valence-electron chi connectivity index (χ1n) is 25.7. The molecular formula is C55H65ClF2N8O6. The number of hydrogen-bond acceptors (Lipinski definition) is 10. The molecule has 4 amide bonds. The first-order valence-corrected chi connectivity index (χ1v) is 26.1. The average molecular weight is 1010 g/mol. The number of rotatable bonds is 15. The van der Waals surface area contributed by atoms with E-state index in [-0.39, 0.29) is 58.8 Å². The number of nitrogens with two attached hydrogens (primary N) is 1. The summed E-state index contributed by atoms with van der Waals surface area (Å²) in [6.45, 7) is 7.83. The highest BCUT2D eigenvalue weighted by atomic mass is 35.5. The molecule has 17 heteroatoms. The lowest BCUT2D eigenvalue weighted by Gasteiger charge is -2.43. The van der Waals surface area contributed by atoms with Gasteiger partial charge in [-0.3, -0.25) is 24.5 Å². The molecule has 4 fully saturated rings. The molecule has 10 rings (SSSR count). The number of primary amides is 1. The predicted octanol–water partition coefficient (Wildman–Crippen LogP) is 8.36. The summed E-state index contributed by atoms with van der Waals surface area (Å²) in [5.41, 5.74) is 8.01. The summed E-state index contributed by atoms with van der Waals surface area (Å²) >= 11 is 6.75. The number of nitrogens with zero attached hydrogens (tertiary/aromatic N) is 5. The van der Waals surface area contributed by atoms with Crippen molar-refractivity contribution in [1.29, 1.82) is 0 Å². The number of amides is 4. The van der Waals surface area contributed by atoms with E-state index in [1.54, 1.807) is 4.90 Å². The molecule has 3 saturated heterocycles. The lowest BCUT2D eigenvalue weighted by molar-refractivity contribution is -0.120. The molecule has 4 aromatic carbocycles. The van der Waals surface area contributed by atoms with Crippen molar-refractivity contribution in [2.24, 2.45) is 18.7 Å². The zero-order chi connectivity index (χ0) is 50.3. The maximum atomic E-state index is 16.5. The number of imide groups is 1. The summed E-state index contributed by atoms with van der Waals surface area (Å²) in [6, 6.07) is 20.7. The van der Waals surface area contributed by atoms with Crippen LogP contribution in [0.5, 0.6) is 11.5 Å². The Morgan fingerprint density at radius 2 is 1.76 bits per heavy atom. The molecule has 1 aromatic heterocycles. The fourth-order valence-corrected chi connectivity index (χ4v) is 12.9. The van der Waals surface area contributed by atoms with Crippen LogP contribution in [0.3, 0.4) is 0 Å². The molecule has 1 saturated carbocycles. The second-order valence-corrected chi connectivity index (χ2v) is 20.9. The minimum absolute atomic E-state index is 0.00552. The number of fused-ring (bicyclic) bond motifs is 2. The van der Waals surface area contributed by atoms with Crippen LogP contribution >= 0.6 is 11.6 Å². The summed E-state index contributed by atoms with van der Waals surface area (Å²) in [5.74, 6) is -1.76. The number of aryl methyl sites for hydroxylation is 1. The number of urea groups is 1. The smallest absolute Gasteiger partial charge is 0.329 e. The predicted molar refractivity (Wildman–Crippen MR) is 273 cm³/mol. The Morgan fingerprint density at radius 1 is 0.986 bits per heavy atom. The average Bonchev–Trinajstić information content (AvgIpc) is 3.86. The van der Waals surface area contributed by atoms with Crippen molar-refractivity contribution in [3.63, 3.8) is 0 Å². The molecule has 72 heavy (non-hydrogen) atoms. The molecule has 5 heterocycles. The lowest BCUT2D eigenvalue weighted by Crippen LogP contribution is -2.49. The van der Waals surface area contributed by atoms with E-state index >= 15 is 8.78 Å². The summed E-state index contributed by atoms with van der Waals surface area (Å²) in [4.78, 5) is 44.1. The minimum Gasteiger partial charge on any atom is -0.488 e. The van der Waals surface area contributed by atoms with Gasteiger partial charge in [0.2, 0.25) is 11.8 Å². The van der Waals surface area contributed by atoms with Crippen LogP contribution in [0.4, 0.5) is 19.4 Å². The Labute approximate surface area is 424 Å². The number of aromatic nitrogens is 2. The molecular weight excluding hydrogens is 942 g/mol. The minimum atomic E-state index is -0.984. The van der Waals surface area contributed by atoms with Gasteiger partial charge < -0.3 is 35.4 Å². The molecule has 1 aliphatic carbocycles. The first kappa shape index (κ1) is 49.9. The molecule has 14 nitrogen and oxygen atoms in total. The summed E-state index contributed by atoms with van der Waals surface area (Å²) in [7, 11) is 1.91. The van der Waals surface area contributed by atoms with E-state index in [1.165, 1.54) is 43.0 Å². The van der Waals surface area contributed by atoms with Crippen LogP contribution in [0.1, 0.15) is 110 Å². The van der Waals surface area contributed by atoms with Crippen LogP contribution in [0.15, 0.2) is 66.7 Å². The second-order valence-electron chi connectivity index (χ2n) is 20.5. The molecule has 5 N–H and O–H groups in total. The normalized spacial score (nSPS) is 23.6. The van der Waals surface area contributed by atoms with Gasteiger partial charge in [0.15, 0.2) is 17.4 Å². The zero-order valence-corrected chi connectivity index (χ0v) is 41.9. The van der Waals surface area contributed by atoms with Gasteiger partial charge in [0.1, 0.15) is 23.8 Å². The summed E-state index contributed by atoms with van der Waals surface area (Å²) < 4.78 is 46.6. The van der Waals surface area contributed by atoms with Gasteiger partial charge in [0.25, 0.3) is 0 Å². The number of piperidine rings is 2. The topological polar surface area (TPSA) is 168 Å². The standard InChI is InChI=1S/C55H65ClF2N8O6/c1-33-47-45(31-42(57)50(56)49(47)48-41(52(59)69)13-14-44(51(48)58)71-28-27-67)72-55(33,37-8-4-3-5-9-37)20-21-60-38-10-6-7-34(29-38)32-64-22-17-39(18-23-64)65-24-15-35(16-25-65)36-11-12-40-43(30-36)63(2)62-53(40)66-26-19-46(68)61-54(66)70/h3-5,8-9,11-14,30-31,33-35,38-39,60,67H,6-7,10,15-29,32H2,1-2H3,(H2,59,69)(H,61,68,70)/t33-,34-,38-,55?/m0/s1. The molecule has 5 aliphatic rings. The van der Waals surface area contributed by atoms with Gasteiger partial charge in [-0.05, 0) is 125 Å². The van der Waals surface area contributed by atoms with Gasteiger partial charge in [0, 0.05) is 79.1 Å². The van der Waals surface area contributed by atoms with E-state index in [1.807, 2.05) is 49.0 Å². The number of aliphatic hydroxyl groups excluding tert-OH is 1. The van der Waals surface area contributed by atoms with Crippen molar-refractivity contribution < 1.29 is 37.7 Å². The number of nitrogens with one attached hydrogen (secondary N) is 2. The van der Waals surface area contributed by atoms with Gasteiger partial charge in [-0.25, -0.2) is 13.6 Å². The lowest BCUT2D eigenvalue weighted by atomic mass is 9.75. The number of ether oxygens (including phenoxy) is 2. The van der Waals surface area contributed by atoms with Crippen LogP contribution < -0.4 is 30.7 Å². The highest BCUT2D eigenvalue weighted by molar-refractivity contribution is 6.34. The monoisotopic (exact) mass is 1010 g/mol. The van der Waals surface area contributed by atoms with Gasteiger partial charge >= 0.3 is 6.03 Å². The SMILES string of the molecule is C[C@H]1c2c(cc(F)c(Cl)c2-c2c(C(N)=O)ccc(OCCO)c2F)OC1(CCN[C@H]1CCC[C@H](CN2CCC(N3CCC(c4ccc5c(N6CCC(=O)NC6=O)nn(C)c5c4)CC3)CC2)C1)c1ccccc1. The van der Waals surface area contributed by atoms with E-state index in [9.17, 15) is 19.5 Å². The number of benzene rings is 4. The van der Waals surface area contributed by atoms with Crippen molar-refractivity contribution in [3.05, 3.63) is 106 Å². The van der Waals surface area contributed by atoms with E-state index in [2.05, 4.69) is 43.7 Å². The van der Waals surface area contributed by atoms with Gasteiger partial charge in [0.05, 0.1) is 22.7 Å². The second kappa shape index (κ2) is 21.1. The van der Waals surface area contributed by atoms with E-state index < -0.39 is 35.1 Å². The highest BCUT2D eigenvalue weighted by Crippen LogP contribution is 2.58. The van der Waals surface area contributed by atoms with Gasteiger partial charge in [-0.2, -0.15) is 5.10 Å². The van der Waals surface area contributed by atoms with Gasteiger partial charge in [-0.15, -0.1) is 0 Å². The maximum Gasteiger partial charge on any atom is 0.329 e. The Kier molecular flexibility index (Phi) is 14.6. The maximum absolute atomic E-state index is 16.5. The molecule has 5 aromatic rings. The number of carbonyl (C=O) groups is 3. The molecule has 1 unspecified atom stereocenters. The summed E-state index contributed by atoms with van der Waals surface area (Å²) in [6.07, 6.45) is 9.87. The Hall–Kier alpha value is -5.65. The van der Waals surface area contributed by atoms with Crippen LogP contribution in [0.2, 0.25) is 5.02 Å². The Morgan fingerprint density at radius 3 is 2.50 bits per heavy atom. The number of aliphatic hydroxyl groups is 1. The van der Waals surface area contributed by atoms with Gasteiger partial charge in [-0.1, -0.05) is 61.3 Å². The largest absolute Gasteiger partial charge is 0.488 e. The van der Waals surface area contributed by atoms with Crippen LogP contribution in [0.25, 0.3) is 22.0 Å². The molecule has 0 radical (unpaired) electrons. The molecule has 382 valence electrons.